The number of pyridine rings is 2. The molecule has 1 aliphatic rings. The van der Waals surface area contributed by atoms with Gasteiger partial charge in [0.2, 0.25) is 5.69 Å². The van der Waals surface area contributed by atoms with Gasteiger partial charge in [-0.2, -0.15) is 0 Å². The van der Waals surface area contributed by atoms with Gasteiger partial charge in [-0.25, -0.2) is 4.57 Å². The third-order valence-corrected chi connectivity index (χ3v) is 6.74. The molecule has 4 aromatic rings. The lowest BCUT2D eigenvalue weighted by molar-refractivity contribution is -0.659. The van der Waals surface area contributed by atoms with Crippen LogP contribution in [0.15, 0.2) is 58.6 Å². The van der Waals surface area contributed by atoms with Crippen molar-refractivity contribution in [3.05, 3.63) is 59.9 Å². The van der Waals surface area contributed by atoms with E-state index in [-0.39, 0.29) is 5.41 Å². The first-order valence-corrected chi connectivity index (χ1v) is 10.2. The number of fused-ring (bicyclic) bond motifs is 3. The van der Waals surface area contributed by atoms with Gasteiger partial charge in [0.05, 0.1) is 16.5 Å². The number of aromatic nitrogens is 2. The van der Waals surface area contributed by atoms with Crippen LogP contribution in [0.5, 0.6) is 0 Å². The molecule has 0 spiro atoms. The minimum Gasteiger partial charge on any atom is -0.256 e. The van der Waals surface area contributed by atoms with Crippen LogP contribution in [-0.2, 0) is 12.5 Å². The third-order valence-electron chi connectivity index (χ3n) is 5.65. The molecule has 2 aromatic carbocycles. The van der Waals surface area contributed by atoms with Crippen LogP contribution in [0, 0.1) is 6.92 Å². The van der Waals surface area contributed by atoms with Crippen molar-refractivity contribution in [2.24, 2.45) is 7.05 Å². The number of benzene rings is 2. The number of hydrogen-bond acceptors (Lipinski definition) is 2. The highest BCUT2D eigenvalue weighted by molar-refractivity contribution is 7.99. The summed E-state index contributed by atoms with van der Waals surface area (Å²) in [5.74, 6) is 0. The topological polar surface area (TPSA) is 16.8 Å². The number of aryl methyl sites for hydroxylation is 2. The zero-order chi connectivity index (χ0) is 18.9. The summed E-state index contributed by atoms with van der Waals surface area (Å²) in [6, 6.07) is 13.5. The van der Waals surface area contributed by atoms with Crippen LogP contribution in [0.2, 0.25) is 0 Å². The molecule has 0 aliphatic carbocycles. The smallest absolute Gasteiger partial charge is 0.222 e. The average molecular weight is 372 g/mol. The SMILES string of the molecule is Cc1c2c(cc3ncccc13)Sc1cc(C(C)(C)C)cc3cc[n+](C)c-2c13. The van der Waals surface area contributed by atoms with Crippen molar-refractivity contribution in [3.8, 4) is 11.3 Å². The predicted octanol–water partition coefficient (Wildman–Crippen LogP) is 5.95. The van der Waals surface area contributed by atoms with E-state index in [4.69, 9.17) is 0 Å². The van der Waals surface area contributed by atoms with Gasteiger partial charge >= 0.3 is 0 Å². The van der Waals surface area contributed by atoms with Crippen LogP contribution in [0.4, 0.5) is 0 Å². The Morgan fingerprint density at radius 1 is 1.04 bits per heavy atom. The zero-order valence-corrected chi connectivity index (χ0v) is 17.2. The molecule has 2 nitrogen and oxygen atoms in total. The largest absolute Gasteiger partial charge is 0.256 e. The van der Waals surface area contributed by atoms with Crippen LogP contribution in [-0.4, -0.2) is 4.98 Å². The Balaban J connectivity index is 1.94. The van der Waals surface area contributed by atoms with E-state index < -0.39 is 0 Å². The average Bonchev–Trinajstić information content (AvgIpc) is 2.63. The van der Waals surface area contributed by atoms with E-state index >= 15 is 0 Å². The highest BCUT2D eigenvalue weighted by Gasteiger charge is 2.30. The molecule has 3 heteroatoms. The molecular formula is C24H23N2S+. The van der Waals surface area contributed by atoms with Crippen molar-refractivity contribution in [2.45, 2.75) is 42.9 Å². The molecule has 27 heavy (non-hydrogen) atoms. The maximum absolute atomic E-state index is 4.61. The normalized spacial score (nSPS) is 13.2. The molecular weight excluding hydrogens is 348 g/mol. The fourth-order valence-corrected chi connectivity index (χ4v) is 5.40. The fourth-order valence-electron chi connectivity index (χ4n) is 4.14. The monoisotopic (exact) mass is 371 g/mol. The van der Waals surface area contributed by atoms with Crippen molar-refractivity contribution < 1.29 is 4.57 Å². The summed E-state index contributed by atoms with van der Waals surface area (Å²) in [5, 5.41) is 3.94. The third kappa shape index (κ3) is 2.41. The first-order chi connectivity index (χ1) is 12.8. The van der Waals surface area contributed by atoms with Gasteiger partial charge in [-0.1, -0.05) is 44.7 Å². The van der Waals surface area contributed by atoms with Gasteiger partial charge in [-0.05, 0) is 47.1 Å². The summed E-state index contributed by atoms with van der Waals surface area (Å²) in [4.78, 5) is 7.27. The summed E-state index contributed by atoms with van der Waals surface area (Å²) in [5.41, 5.74) is 6.58. The van der Waals surface area contributed by atoms with Crippen LogP contribution >= 0.6 is 11.8 Å². The van der Waals surface area contributed by atoms with E-state index in [0.717, 1.165) is 5.52 Å². The lowest BCUT2D eigenvalue weighted by Gasteiger charge is -2.25. The first-order valence-electron chi connectivity index (χ1n) is 9.38. The minimum absolute atomic E-state index is 0.130. The standard InChI is InChI=1S/C24H23N2S/c1-14-17-7-6-9-25-18(17)13-20-21(14)23-22-15(8-10-26(23)5)11-16(24(2,3)4)12-19(22)27-20/h6-13H,1-5H3/q+1. The van der Waals surface area contributed by atoms with Gasteiger partial charge < -0.3 is 0 Å². The van der Waals surface area contributed by atoms with Crippen molar-refractivity contribution in [3.63, 3.8) is 0 Å². The molecule has 3 heterocycles. The lowest BCUT2D eigenvalue weighted by Crippen LogP contribution is -2.31. The second kappa shape index (κ2) is 5.56. The van der Waals surface area contributed by atoms with Gasteiger partial charge in [0.25, 0.3) is 0 Å². The first kappa shape index (κ1) is 16.8. The Kier molecular flexibility index (Phi) is 3.45. The van der Waals surface area contributed by atoms with Gasteiger partial charge in [0, 0.05) is 27.4 Å². The molecule has 1 aliphatic heterocycles. The predicted molar refractivity (Wildman–Crippen MR) is 113 cm³/mol. The van der Waals surface area contributed by atoms with E-state index in [2.05, 4.69) is 80.8 Å². The van der Waals surface area contributed by atoms with Gasteiger partial charge in [0.1, 0.15) is 7.05 Å². The molecule has 0 radical (unpaired) electrons. The van der Waals surface area contributed by atoms with E-state index in [1.165, 1.54) is 48.3 Å². The van der Waals surface area contributed by atoms with Crippen molar-refractivity contribution in [1.29, 1.82) is 0 Å². The Hall–Kier alpha value is -2.39. The molecule has 0 bridgehead atoms. The van der Waals surface area contributed by atoms with Crippen LogP contribution in [0.1, 0.15) is 31.9 Å². The quantitative estimate of drug-likeness (QED) is 0.313. The second-order valence-corrected chi connectivity index (χ2v) is 9.59. The summed E-state index contributed by atoms with van der Waals surface area (Å²) in [6.45, 7) is 9.09. The fraction of sp³-hybridized carbons (Fsp3) is 0.250. The molecule has 0 saturated carbocycles. The Morgan fingerprint density at radius 3 is 2.63 bits per heavy atom. The molecule has 0 saturated heterocycles. The summed E-state index contributed by atoms with van der Waals surface area (Å²) >= 11 is 1.89. The maximum atomic E-state index is 4.61. The molecule has 0 atom stereocenters. The summed E-state index contributed by atoms with van der Waals surface area (Å²) in [6.07, 6.45) is 4.08. The summed E-state index contributed by atoms with van der Waals surface area (Å²) < 4.78 is 2.27. The number of rotatable bonds is 0. The van der Waals surface area contributed by atoms with E-state index in [1.54, 1.807) is 0 Å². The Bertz CT molecular complexity index is 1250. The Labute approximate surface area is 164 Å². The highest BCUT2D eigenvalue weighted by atomic mass is 32.2. The second-order valence-electron chi connectivity index (χ2n) is 8.51. The summed E-state index contributed by atoms with van der Waals surface area (Å²) in [7, 11) is 2.16. The van der Waals surface area contributed by atoms with Crippen molar-refractivity contribution in [1.82, 2.24) is 4.98 Å². The molecule has 0 fully saturated rings. The number of hydrogen-bond donors (Lipinski definition) is 0. The lowest BCUT2D eigenvalue weighted by atomic mass is 9.85. The minimum atomic E-state index is 0.130. The number of nitrogens with zero attached hydrogens (tertiary/aromatic N) is 2. The molecule has 134 valence electrons. The van der Waals surface area contributed by atoms with Crippen molar-refractivity contribution >= 4 is 33.4 Å². The molecule has 0 amide bonds. The van der Waals surface area contributed by atoms with Crippen LogP contribution in [0.25, 0.3) is 32.9 Å². The van der Waals surface area contributed by atoms with Gasteiger partial charge in [0.15, 0.2) is 6.20 Å². The van der Waals surface area contributed by atoms with Gasteiger partial charge in [-0.15, -0.1) is 0 Å². The van der Waals surface area contributed by atoms with E-state index in [9.17, 15) is 0 Å². The maximum Gasteiger partial charge on any atom is 0.222 e. The van der Waals surface area contributed by atoms with Crippen LogP contribution in [0.3, 0.4) is 0 Å². The Morgan fingerprint density at radius 2 is 1.85 bits per heavy atom. The van der Waals surface area contributed by atoms with E-state index in [0.29, 0.717) is 0 Å². The highest BCUT2D eigenvalue weighted by Crippen LogP contribution is 2.50. The van der Waals surface area contributed by atoms with Crippen LogP contribution < -0.4 is 4.57 Å². The molecule has 2 aromatic heterocycles. The van der Waals surface area contributed by atoms with Crippen molar-refractivity contribution in [2.75, 3.05) is 0 Å². The molecule has 0 unspecified atom stereocenters. The molecule has 5 rings (SSSR count). The zero-order valence-electron chi connectivity index (χ0n) is 16.4. The molecule has 0 N–H and O–H groups in total. The van der Waals surface area contributed by atoms with E-state index in [1.807, 2.05) is 24.0 Å². The van der Waals surface area contributed by atoms with Gasteiger partial charge in [-0.3, -0.25) is 4.98 Å².